The number of benzene rings is 2. The van der Waals surface area contributed by atoms with E-state index in [4.69, 9.17) is 9.72 Å². The molecule has 0 unspecified atom stereocenters. The number of likely N-dealkylation sites (tertiary alicyclic amines) is 1. The van der Waals surface area contributed by atoms with E-state index in [1.165, 1.54) is 43.2 Å². The van der Waals surface area contributed by atoms with Crippen LogP contribution in [0, 0.1) is 6.92 Å². The standard InChI is InChI=1S/C30H35N3O2/c1-20-9-10-24(35-19-23-11-15-33(23)2)18-26(20)29(34)32-30(12-13-30)27-16-22(21-6-3-4-7-21)17-28-25(27)8-5-14-31-28/h5,8-10,14,16-18,21,23H,3-4,6-7,11-13,15,19H2,1-2H3,(H,32,34)/t23-/m0/s1. The number of hydrogen-bond acceptors (Lipinski definition) is 4. The second-order valence-corrected chi connectivity index (χ2v) is 10.9. The number of aromatic nitrogens is 1. The Morgan fingerprint density at radius 3 is 2.69 bits per heavy atom. The highest BCUT2D eigenvalue weighted by atomic mass is 16.5. The lowest BCUT2D eigenvalue weighted by Gasteiger charge is -2.37. The molecule has 2 aliphatic carbocycles. The molecule has 0 radical (unpaired) electrons. The summed E-state index contributed by atoms with van der Waals surface area (Å²) >= 11 is 0. The van der Waals surface area contributed by atoms with Gasteiger partial charge >= 0.3 is 0 Å². The Morgan fingerprint density at radius 2 is 1.97 bits per heavy atom. The van der Waals surface area contributed by atoms with Crippen molar-refractivity contribution in [1.82, 2.24) is 15.2 Å². The second-order valence-electron chi connectivity index (χ2n) is 10.9. The number of ether oxygens (including phenoxy) is 1. The number of aryl methyl sites for hydroxylation is 1. The van der Waals surface area contributed by atoms with Gasteiger partial charge in [-0.1, -0.05) is 31.0 Å². The highest BCUT2D eigenvalue weighted by Crippen LogP contribution is 2.49. The van der Waals surface area contributed by atoms with Crippen LogP contribution < -0.4 is 10.1 Å². The van der Waals surface area contributed by atoms with Gasteiger partial charge < -0.3 is 10.1 Å². The molecule has 2 heterocycles. The third-order valence-electron chi connectivity index (χ3n) is 8.52. The minimum absolute atomic E-state index is 0.0190. The molecule has 1 atom stereocenters. The first kappa shape index (κ1) is 22.5. The Kier molecular flexibility index (Phi) is 5.76. The van der Waals surface area contributed by atoms with Crippen molar-refractivity contribution in [2.75, 3.05) is 20.2 Å². The van der Waals surface area contributed by atoms with Gasteiger partial charge in [0.2, 0.25) is 0 Å². The molecule has 5 nitrogen and oxygen atoms in total. The summed E-state index contributed by atoms with van der Waals surface area (Å²) in [5, 5.41) is 4.60. The van der Waals surface area contributed by atoms with Crippen LogP contribution in [0.4, 0.5) is 0 Å². The van der Waals surface area contributed by atoms with Crippen molar-refractivity contribution in [2.24, 2.45) is 0 Å². The van der Waals surface area contributed by atoms with Crippen LogP contribution in [0.3, 0.4) is 0 Å². The summed E-state index contributed by atoms with van der Waals surface area (Å²) in [5.74, 6) is 1.36. The van der Waals surface area contributed by atoms with Crippen LogP contribution in [0.2, 0.25) is 0 Å². The number of nitrogens with one attached hydrogen (secondary N) is 1. The van der Waals surface area contributed by atoms with Crippen molar-refractivity contribution in [1.29, 1.82) is 0 Å². The van der Waals surface area contributed by atoms with Crippen LogP contribution in [0.1, 0.15) is 77.9 Å². The molecule has 3 aliphatic rings. The molecular weight excluding hydrogens is 434 g/mol. The van der Waals surface area contributed by atoms with E-state index in [2.05, 4.69) is 35.5 Å². The average Bonchev–Trinajstić information content (AvgIpc) is 3.42. The number of nitrogens with zero attached hydrogens (tertiary/aromatic N) is 2. The van der Waals surface area contributed by atoms with Crippen LogP contribution in [-0.2, 0) is 5.54 Å². The molecule has 2 saturated carbocycles. The fourth-order valence-corrected chi connectivity index (χ4v) is 5.87. The molecule has 1 aromatic heterocycles. The number of fused-ring (bicyclic) bond motifs is 1. The molecule has 35 heavy (non-hydrogen) atoms. The molecule has 6 rings (SSSR count). The summed E-state index contributed by atoms with van der Waals surface area (Å²) in [6.45, 7) is 3.79. The Morgan fingerprint density at radius 1 is 1.14 bits per heavy atom. The summed E-state index contributed by atoms with van der Waals surface area (Å²) in [6.07, 6.45) is 10.1. The number of hydrogen-bond donors (Lipinski definition) is 1. The molecule has 1 N–H and O–H groups in total. The van der Waals surface area contributed by atoms with Crippen molar-refractivity contribution in [3.05, 3.63) is 70.9 Å². The van der Waals surface area contributed by atoms with Gasteiger partial charge in [0.15, 0.2) is 0 Å². The number of carbonyl (C=O) groups excluding carboxylic acids is 1. The molecule has 182 valence electrons. The highest BCUT2D eigenvalue weighted by molar-refractivity contribution is 5.97. The Hall–Kier alpha value is -2.92. The first-order valence-corrected chi connectivity index (χ1v) is 13.2. The zero-order valence-electron chi connectivity index (χ0n) is 20.8. The maximum Gasteiger partial charge on any atom is 0.252 e. The highest BCUT2D eigenvalue weighted by Gasteiger charge is 2.47. The average molecular weight is 470 g/mol. The van der Waals surface area contributed by atoms with Gasteiger partial charge in [-0.15, -0.1) is 0 Å². The van der Waals surface area contributed by atoms with E-state index >= 15 is 0 Å². The van der Waals surface area contributed by atoms with Crippen LogP contribution in [-0.4, -0.2) is 42.0 Å². The van der Waals surface area contributed by atoms with Crippen LogP contribution in [0.5, 0.6) is 5.75 Å². The smallest absolute Gasteiger partial charge is 0.252 e. The Bertz CT molecular complexity index is 1260. The summed E-state index contributed by atoms with van der Waals surface area (Å²) in [7, 11) is 2.13. The monoisotopic (exact) mass is 469 g/mol. The van der Waals surface area contributed by atoms with Crippen molar-refractivity contribution in [3.8, 4) is 5.75 Å². The second kappa shape index (κ2) is 8.94. The van der Waals surface area contributed by atoms with Gasteiger partial charge in [-0.3, -0.25) is 14.7 Å². The van der Waals surface area contributed by atoms with Gasteiger partial charge in [-0.2, -0.15) is 0 Å². The zero-order valence-corrected chi connectivity index (χ0v) is 20.8. The van der Waals surface area contributed by atoms with Crippen molar-refractivity contribution in [3.63, 3.8) is 0 Å². The van der Waals surface area contributed by atoms with E-state index in [1.807, 2.05) is 37.4 Å². The number of amides is 1. The summed E-state index contributed by atoms with van der Waals surface area (Å²) in [6, 6.07) is 15.1. The lowest BCUT2D eigenvalue weighted by molar-refractivity contribution is 0.0767. The molecular formula is C30H35N3O2. The number of pyridine rings is 1. The van der Waals surface area contributed by atoms with Gasteiger partial charge in [-0.25, -0.2) is 0 Å². The van der Waals surface area contributed by atoms with Gasteiger partial charge in [-0.05, 0) is 99.5 Å². The van der Waals surface area contributed by atoms with E-state index in [0.717, 1.165) is 41.6 Å². The van der Waals surface area contributed by atoms with E-state index in [9.17, 15) is 4.79 Å². The SMILES string of the molecule is Cc1ccc(OC[C@@H]2CCN2C)cc1C(=O)NC1(c2cc(C3CCCC3)cc3ncccc23)CC1. The molecule has 3 fully saturated rings. The van der Waals surface area contributed by atoms with E-state index in [-0.39, 0.29) is 11.4 Å². The zero-order chi connectivity index (χ0) is 24.0. The van der Waals surface area contributed by atoms with Crippen LogP contribution >= 0.6 is 0 Å². The number of likely N-dealkylation sites (N-methyl/N-ethyl adjacent to an activating group) is 1. The molecule has 0 spiro atoms. The summed E-state index contributed by atoms with van der Waals surface area (Å²) in [4.78, 5) is 20.6. The number of carbonyl (C=O) groups is 1. The lowest BCUT2D eigenvalue weighted by atomic mass is 9.90. The van der Waals surface area contributed by atoms with Crippen molar-refractivity contribution < 1.29 is 9.53 Å². The first-order chi connectivity index (χ1) is 17.0. The van der Waals surface area contributed by atoms with Crippen molar-refractivity contribution in [2.45, 2.75) is 69.4 Å². The fraction of sp³-hybridized carbons (Fsp3) is 0.467. The molecule has 2 aromatic carbocycles. The predicted octanol–water partition coefficient (Wildman–Crippen LogP) is 5.70. The van der Waals surface area contributed by atoms with Gasteiger partial charge in [0, 0.05) is 23.2 Å². The van der Waals surface area contributed by atoms with Gasteiger partial charge in [0.1, 0.15) is 12.4 Å². The third-order valence-corrected chi connectivity index (χ3v) is 8.52. The van der Waals surface area contributed by atoms with Crippen LogP contribution in [0.25, 0.3) is 10.9 Å². The lowest BCUT2D eigenvalue weighted by Crippen LogP contribution is -2.48. The Labute approximate surface area is 207 Å². The van der Waals surface area contributed by atoms with Crippen LogP contribution in [0.15, 0.2) is 48.7 Å². The van der Waals surface area contributed by atoms with Gasteiger partial charge in [0.05, 0.1) is 11.1 Å². The minimum Gasteiger partial charge on any atom is -0.492 e. The topological polar surface area (TPSA) is 54.5 Å². The number of rotatable bonds is 7. The Balaban J connectivity index is 1.27. The van der Waals surface area contributed by atoms with E-state index in [0.29, 0.717) is 24.1 Å². The minimum atomic E-state index is -0.315. The normalized spacial score (nSPS) is 21.6. The molecule has 1 saturated heterocycles. The largest absolute Gasteiger partial charge is 0.492 e. The summed E-state index contributed by atoms with van der Waals surface area (Å²) < 4.78 is 6.06. The molecule has 3 aromatic rings. The molecule has 1 amide bonds. The van der Waals surface area contributed by atoms with Crippen molar-refractivity contribution >= 4 is 16.8 Å². The predicted molar refractivity (Wildman–Crippen MR) is 139 cm³/mol. The summed E-state index contributed by atoms with van der Waals surface area (Å²) in [5.41, 5.74) is 5.01. The quantitative estimate of drug-likeness (QED) is 0.482. The first-order valence-electron chi connectivity index (χ1n) is 13.2. The fourth-order valence-electron chi connectivity index (χ4n) is 5.87. The third kappa shape index (κ3) is 4.31. The van der Waals surface area contributed by atoms with Gasteiger partial charge in [0.25, 0.3) is 5.91 Å². The van der Waals surface area contributed by atoms with E-state index in [1.54, 1.807) is 0 Å². The molecule has 0 bridgehead atoms. The molecule has 5 heteroatoms. The maximum atomic E-state index is 13.6. The molecule has 1 aliphatic heterocycles. The van der Waals surface area contributed by atoms with E-state index < -0.39 is 0 Å². The maximum absolute atomic E-state index is 13.6.